The molecule has 1 aliphatic rings. The van der Waals surface area contributed by atoms with Crippen LogP contribution in [0.15, 0.2) is 30.3 Å². The number of aromatic nitrogens is 2. The van der Waals surface area contributed by atoms with Gasteiger partial charge in [-0.1, -0.05) is 17.7 Å². The zero-order valence-electron chi connectivity index (χ0n) is 14.3. The van der Waals surface area contributed by atoms with E-state index < -0.39 is 0 Å². The number of hydrogen-bond donors (Lipinski definition) is 1. The fraction of sp³-hybridized carbons (Fsp3) is 0.389. The van der Waals surface area contributed by atoms with Gasteiger partial charge in [0.25, 0.3) is 0 Å². The zero-order chi connectivity index (χ0) is 17.8. The molecule has 0 radical (unpaired) electrons. The Balaban J connectivity index is 1.70. The summed E-state index contributed by atoms with van der Waals surface area (Å²) in [7, 11) is 1.60. The van der Waals surface area contributed by atoms with Gasteiger partial charge < -0.3 is 15.0 Å². The van der Waals surface area contributed by atoms with E-state index in [2.05, 4.69) is 20.4 Å². The standard InChI is InChI=1S/C18H21ClN4O2/c1-12-5-6-15(25-2)14(10-12)20-18(24)13-4-3-9-23(11-13)17-8-7-16(19)21-22-17/h5-8,10,13H,3-4,9,11H2,1-2H3,(H,20,24). The van der Waals surface area contributed by atoms with Crippen molar-refractivity contribution in [1.29, 1.82) is 0 Å². The summed E-state index contributed by atoms with van der Waals surface area (Å²) in [5.74, 6) is 1.29. The first kappa shape index (κ1) is 17.5. The van der Waals surface area contributed by atoms with Crippen LogP contribution in [-0.2, 0) is 4.79 Å². The summed E-state index contributed by atoms with van der Waals surface area (Å²) in [6, 6.07) is 9.28. The lowest BCUT2D eigenvalue weighted by molar-refractivity contribution is -0.120. The summed E-state index contributed by atoms with van der Waals surface area (Å²) in [4.78, 5) is 14.8. The maximum Gasteiger partial charge on any atom is 0.229 e. The molecule has 1 aliphatic heterocycles. The number of ether oxygens (including phenoxy) is 1. The van der Waals surface area contributed by atoms with E-state index in [0.717, 1.165) is 30.8 Å². The molecular weight excluding hydrogens is 340 g/mol. The van der Waals surface area contributed by atoms with Crippen molar-refractivity contribution >= 4 is 29.0 Å². The van der Waals surface area contributed by atoms with Gasteiger partial charge in [-0.05, 0) is 49.6 Å². The Kier molecular flexibility index (Phi) is 5.38. The van der Waals surface area contributed by atoms with Crippen molar-refractivity contribution in [3.8, 4) is 5.75 Å². The summed E-state index contributed by atoms with van der Waals surface area (Å²) < 4.78 is 5.33. The molecule has 3 rings (SSSR count). The molecule has 2 aromatic rings. The second-order valence-corrected chi connectivity index (χ2v) is 6.58. The van der Waals surface area contributed by atoms with Crippen molar-refractivity contribution in [3.05, 3.63) is 41.0 Å². The van der Waals surface area contributed by atoms with Crippen LogP contribution >= 0.6 is 11.6 Å². The smallest absolute Gasteiger partial charge is 0.229 e. The molecule has 132 valence electrons. The van der Waals surface area contributed by atoms with Crippen LogP contribution < -0.4 is 15.0 Å². The molecular formula is C18H21ClN4O2. The van der Waals surface area contributed by atoms with E-state index in [4.69, 9.17) is 16.3 Å². The molecule has 1 aromatic carbocycles. The van der Waals surface area contributed by atoms with Crippen LogP contribution in [0.5, 0.6) is 5.75 Å². The number of amides is 1. The number of rotatable bonds is 4. The number of nitrogens with zero attached hydrogens (tertiary/aromatic N) is 3. The third-order valence-corrected chi connectivity index (χ3v) is 4.55. The van der Waals surface area contributed by atoms with E-state index in [1.807, 2.05) is 31.2 Å². The molecule has 25 heavy (non-hydrogen) atoms. The number of aryl methyl sites for hydroxylation is 1. The van der Waals surface area contributed by atoms with Gasteiger partial charge in [0.05, 0.1) is 18.7 Å². The van der Waals surface area contributed by atoms with Crippen molar-refractivity contribution in [2.24, 2.45) is 5.92 Å². The number of carbonyl (C=O) groups excluding carboxylic acids is 1. The van der Waals surface area contributed by atoms with E-state index in [1.54, 1.807) is 13.2 Å². The van der Waals surface area contributed by atoms with Gasteiger partial charge in [-0.25, -0.2) is 0 Å². The van der Waals surface area contributed by atoms with Gasteiger partial charge in [0.1, 0.15) is 5.75 Å². The molecule has 1 N–H and O–H groups in total. The Hall–Kier alpha value is -2.34. The molecule has 1 unspecified atom stereocenters. The third kappa shape index (κ3) is 4.20. The predicted octanol–water partition coefficient (Wildman–Crippen LogP) is 3.30. The monoisotopic (exact) mass is 360 g/mol. The Labute approximate surface area is 152 Å². The average Bonchev–Trinajstić information content (AvgIpc) is 2.62. The van der Waals surface area contributed by atoms with Crippen LogP contribution in [-0.4, -0.2) is 36.3 Å². The van der Waals surface area contributed by atoms with E-state index in [0.29, 0.717) is 23.1 Å². The minimum Gasteiger partial charge on any atom is -0.495 e. The van der Waals surface area contributed by atoms with Crippen LogP contribution in [0.4, 0.5) is 11.5 Å². The van der Waals surface area contributed by atoms with Gasteiger partial charge in [-0.3, -0.25) is 4.79 Å². The highest BCUT2D eigenvalue weighted by atomic mass is 35.5. The molecule has 0 spiro atoms. The SMILES string of the molecule is COc1ccc(C)cc1NC(=O)C1CCCN(c2ccc(Cl)nn2)C1. The highest BCUT2D eigenvalue weighted by Crippen LogP contribution is 2.28. The number of benzene rings is 1. The van der Waals surface area contributed by atoms with Crippen molar-refractivity contribution in [2.75, 3.05) is 30.4 Å². The second kappa shape index (κ2) is 7.70. The van der Waals surface area contributed by atoms with Crippen LogP contribution in [0.1, 0.15) is 18.4 Å². The van der Waals surface area contributed by atoms with Crippen LogP contribution in [0.25, 0.3) is 0 Å². The van der Waals surface area contributed by atoms with Gasteiger partial charge >= 0.3 is 0 Å². The fourth-order valence-corrected chi connectivity index (χ4v) is 3.13. The largest absolute Gasteiger partial charge is 0.495 e. The first-order valence-corrected chi connectivity index (χ1v) is 8.64. The van der Waals surface area contributed by atoms with Crippen LogP contribution in [0.2, 0.25) is 5.15 Å². The Bertz CT molecular complexity index is 751. The first-order chi connectivity index (χ1) is 12.1. The first-order valence-electron chi connectivity index (χ1n) is 8.26. The zero-order valence-corrected chi connectivity index (χ0v) is 15.1. The minimum absolute atomic E-state index is 0.00415. The van der Waals surface area contributed by atoms with E-state index in [1.165, 1.54) is 0 Å². The summed E-state index contributed by atoms with van der Waals surface area (Å²) >= 11 is 5.79. The van der Waals surface area contributed by atoms with Crippen molar-refractivity contribution < 1.29 is 9.53 Å². The van der Waals surface area contributed by atoms with E-state index in [9.17, 15) is 4.79 Å². The summed E-state index contributed by atoms with van der Waals surface area (Å²) in [5, 5.41) is 11.4. The van der Waals surface area contributed by atoms with Crippen molar-refractivity contribution in [3.63, 3.8) is 0 Å². The summed E-state index contributed by atoms with van der Waals surface area (Å²) in [5.41, 5.74) is 1.77. The topological polar surface area (TPSA) is 67.3 Å². The molecule has 1 atom stereocenters. The highest BCUT2D eigenvalue weighted by molar-refractivity contribution is 6.29. The molecule has 1 saturated heterocycles. The molecule has 1 amide bonds. The molecule has 7 heteroatoms. The third-order valence-electron chi connectivity index (χ3n) is 4.35. The van der Waals surface area contributed by atoms with Gasteiger partial charge in [0, 0.05) is 13.1 Å². The van der Waals surface area contributed by atoms with Crippen LogP contribution in [0.3, 0.4) is 0 Å². The van der Waals surface area contributed by atoms with Gasteiger partial charge in [0.2, 0.25) is 5.91 Å². The Morgan fingerprint density at radius 3 is 2.88 bits per heavy atom. The molecule has 1 fully saturated rings. The Morgan fingerprint density at radius 1 is 1.32 bits per heavy atom. The average molecular weight is 361 g/mol. The van der Waals surface area contributed by atoms with Gasteiger partial charge in [-0.2, -0.15) is 0 Å². The molecule has 1 aromatic heterocycles. The minimum atomic E-state index is -0.114. The normalized spacial score (nSPS) is 17.2. The summed E-state index contributed by atoms with van der Waals surface area (Å²) in [6.45, 7) is 3.45. The van der Waals surface area contributed by atoms with E-state index >= 15 is 0 Å². The quantitative estimate of drug-likeness (QED) is 0.906. The number of methoxy groups -OCH3 is 1. The number of nitrogens with one attached hydrogen (secondary N) is 1. The van der Waals surface area contributed by atoms with Gasteiger partial charge in [0.15, 0.2) is 11.0 Å². The molecule has 0 bridgehead atoms. The van der Waals surface area contributed by atoms with Crippen molar-refractivity contribution in [1.82, 2.24) is 10.2 Å². The maximum atomic E-state index is 12.7. The lowest BCUT2D eigenvalue weighted by Gasteiger charge is -2.32. The second-order valence-electron chi connectivity index (χ2n) is 6.19. The summed E-state index contributed by atoms with van der Waals surface area (Å²) in [6.07, 6.45) is 1.77. The Morgan fingerprint density at radius 2 is 2.16 bits per heavy atom. The predicted molar refractivity (Wildman–Crippen MR) is 98.3 cm³/mol. The number of piperidine rings is 1. The molecule has 6 nitrogen and oxygen atoms in total. The van der Waals surface area contributed by atoms with Crippen molar-refractivity contribution in [2.45, 2.75) is 19.8 Å². The van der Waals surface area contributed by atoms with Gasteiger partial charge in [-0.15, -0.1) is 10.2 Å². The highest BCUT2D eigenvalue weighted by Gasteiger charge is 2.27. The number of carbonyl (C=O) groups is 1. The molecule has 0 saturated carbocycles. The molecule has 0 aliphatic carbocycles. The lowest BCUT2D eigenvalue weighted by atomic mass is 9.97. The molecule has 2 heterocycles. The number of halogens is 1. The number of hydrogen-bond acceptors (Lipinski definition) is 5. The fourth-order valence-electron chi connectivity index (χ4n) is 3.03. The maximum absolute atomic E-state index is 12.7. The lowest BCUT2D eigenvalue weighted by Crippen LogP contribution is -2.41. The van der Waals surface area contributed by atoms with E-state index in [-0.39, 0.29) is 11.8 Å². The van der Waals surface area contributed by atoms with Crippen LogP contribution in [0, 0.1) is 12.8 Å². The number of anilines is 2.